The molecule has 0 amide bonds. The van der Waals surface area contributed by atoms with Crippen LogP contribution in [0.4, 0.5) is 0 Å². The summed E-state index contributed by atoms with van der Waals surface area (Å²) in [6.45, 7) is 6.58. The molecule has 0 aliphatic heterocycles. The average Bonchev–Trinajstić information content (AvgIpc) is 3.16. The van der Waals surface area contributed by atoms with E-state index >= 15 is 0 Å². The molecule has 4 saturated carbocycles. The number of fused-ring (bicyclic) bond motifs is 5. The van der Waals surface area contributed by atoms with Crippen LogP contribution in [0.5, 0.6) is 0 Å². The predicted molar refractivity (Wildman–Crippen MR) is 143 cm³/mol. The third kappa shape index (κ3) is 11.1. The summed E-state index contributed by atoms with van der Waals surface area (Å²) in [7, 11) is -14.5. The zero-order valence-electron chi connectivity index (χ0n) is 26.9. The van der Waals surface area contributed by atoms with E-state index in [1.165, 1.54) is 0 Å². The Morgan fingerprint density at radius 3 is 1.91 bits per heavy atom. The Balaban J connectivity index is 0.00000323. The number of hydrogen-bond donors (Lipinski definition) is 0. The maximum Gasteiger partial charge on any atom is 1.00 e. The molecule has 0 aromatic rings. The van der Waals surface area contributed by atoms with E-state index in [1.807, 2.05) is 0 Å². The van der Waals surface area contributed by atoms with Gasteiger partial charge >= 0.3 is 88.7 Å². The maximum absolute atomic E-state index is 11.9. The van der Waals surface area contributed by atoms with Gasteiger partial charge in [-0.05, 0) is 104 Å². The van der Waals surface area contributed by atoms with Gasteiger partial charge in [0.2, 0.25) is 31.2 Å². The van der Waals surface area contributed by atoms with Crippen molar-refractivity contribution >= 4 is 31.2 Å². The maximum atomic E-state index is 11.9. The third-order valence-corrected chi connectivity index (χ3v) is 12.8. The number of rotatable bonds is 12. The van der Waals surface area contributed by atoms with E-state index in [2.05, 4.69) is 25.0 Å². The fourth-order valence-electron chi connectivity index (χ4n) is 9.75. The second-order valence-corrected chi connectivity index (χ2v) is 16.5. The first-order chi connectivity index (χ1) is 18.8. The standard InChI is InChI=1S/C26H46O12S3.3Na/c1-17(7-5-4-6-14-36-39(27,28)29)20-8-9-21-24-22(11-13-26(20,21)3)25(2)12-10-19(37-40(30,31)32)15-18(25)16-23(24)38-41(33,34)35;;;/h17-24H,4-16H2,1-3H3,(H,27,28,29)(H,30,31,32)(H,33,34,35);;;/q;3*+1/p-3/t17-,18+,19-,20-,21+,22+,23+,24+,25+,26-;;;/m1.../s1. The fraction of sp³-hybridized carbons (Fsp3) is 1.00. The van der Waals surface area contributed by atoms with E-state index < -0.39 is 43.4 Å². The second-order valence-electron chi connectivity index (χ2n) is 13.5. The van der Waals surface area contributed by atoms with Crippen LogP contribution in [0.25, 0.3) is 0 Å². The quantitative estimate of drug-likeness (QED) is 0.0807. The van der Waals surface area contributed by atoms with Gasteiger partial charge in [-0.2, -0.15) is 0 Å². The zero-order chi connectivity index (χ0) is 30.4. The minimum atomic E-state index is -4.98. The summed E-state index contributed by atoms with van der Waals surface area (Å²) < 4.78 is 116. The Morgan fingerprint density at radius 1 is 0.727 bits per heavy atom. The van der Waals surface area contributed by atoms with E-state index in [0.717, 1.165) is 44.9 Å². The number of hydrogen-bond acceptors (Lipinski definition) is 12. The topological polar surface area (TPSA) is 199 Å². The molecular weight excluding hydrogens is 669 g/mol. The molecule has 4 aliphatic rings. The van der Waals surface area contributed by atoms with Crippen LogP contribution in [-0.4, -0.2) is 57.7 Å². The molecule has 240 valence electrons. The van der Waals surface area contributed by atoms with Gasteiger partial charge in [-0.3, -0.25) is 12.5 Å². The van der Waals surface area contributed by atoms with E-state index in [1.54, 1.807) is 0 Å². The van der Waals surface area contributed by atoms with E-state index in [9.17, 15) is 38.9 Å². The van der Waals surface area contributed by atoms with Gasteiger partial charge in [0.15, 0.2) is 0 Å². The van der Waals surface area contributed by atoms with Gasteiger partial charge in [-0.25, -0.2) is 25.3 Å². The molecule has 12 nitrogen and oxygen atoms in total. The van der Waals surface area contributed by atoms with Gasteiger partial charge < -0.3 is 13.7 Å². The summed E-state index contributed by atoms with van der Waals surface area (Å²) in [6, 6.07) is 0. The van der Waals surface area contributed by atoms with Crippen LogP contribution in [0, 0.1) is 46.3 Å². The van der Waals surface area contributed by atoms with Crippen LogP contribution in [0.2, 0.25) is 0 Å². The molecule has 44 heavy (non-hydrogen) atoms. The van der Waals surface area contributed by atoms with Gasteiger partial charge in [0.25, 0.3) is 0 Å². The van der Waals surface area contributed by atoms with Crippen LogP contribution >= 0.6 is 0 Å². The summed E-state index contributed by atoms with van der Waals surface area (Å²) in [6.07, 6.45) is 6.82. The molecule has 0 radical (unpaired) electrons. The monoisotopic (exact) mass is 712 g/mol. The molecule has 4 rings (SSSR count). The molecule has 0 N–H and O–H groups in total. The van der Waals surface area contributed by atoms with Crippen molar-refractivity contribution in [2.24, 2.45) is 46.3 Å². The van der Waals surface area contributed by atoms with Gasteiger partial charge in [-0.1, -0.05) is 40.0 Å². The molecular formula is C26H43Na3O12S3. The normalized spacial score (nSPS) is 37.6. The third-order valence-electron chi connectivity index (χ3n) is 11.4. The minimum Gasteiger partial charge on any atom is -0.726 e. The van der Waals surface area contributed by atoms with Gasteiger partial charge in [0.1, 0.15) is 0 Å². The smallest absolute Gasteiger partial charge is 0.726 e. The SMILES string of the molecule is C[C@H](CCCCCOS(=O)(=O)[O-])[C@H]1CC[C@H]2[C@@H]3[C@@H](OS(=O)(=O)[O-])C[C@@H]4C[C@H](OS(=O)(=O)[O-])CC[C@]4(C)[C@H]3CC[C@]12C.[Na+].[Na+].[Na+]. The molecule has 4 aliphatic carbocycles. The molecule has 0 unspecified atom stereocenters. The van der Waals surface area contributed by atoms with Gasteiger partial charge in [0.05, 0.1) is 18.8 Å². The van der Waals surface area contributed by atoms with Crippen molar-refractivity contribution in [1.82, 2.24) is 0 Å². The largest absolute Gasteiger partial charge is 1.00 e. The van der Waals surface area contributed by atoms with Crippen molar-refractivity contribution < 1.29 is 140 Å². The summed E-state index contributed by atoms with van der Waals surface area (Å²) >= 11 is 0. The Morgan fingerprint density at radius 2 is 1.32 bits per heavy atom. The molecule has 10 atom stereocenters. The van der Waals surface area contributed by atoms with Crippen molar-refractivity contribution in [3.8, 4) is 0 Å². The van der Waals surface area contributed by atoms with Crippen molar-refractivity contribution in [3.63, 3.8) is 0 Å². The Bertz CT molecular complexity index is 1270. The van der Waals surface area contributed by atoms with Crippen LogP contribution in [0.15, 0.2) is 0 Å². The first-order valence-electron chi connectivity index (χ1n) is 14.7. The minimum absolute atomic E-state index is 0. The molecule has 0 spiro atoms. The first kappa shape index (κ1) is 44.6. The molecule has 0 bridgehead atoms. The van der Waals surface area contributed by atoms with Crippen molar-refractivity contribution in [3.05, 3.63) is 0 Å². The summed E-state index contributed by atoms with van der Waals surface area (Å²) in [5.41, 5.74) is -0.275. The van der Waals surface area contributed by atoms with Gasteiger partial charge in [-0.15, -0.1) is 0 Å². The second kappa shape index (κ2) is 17.2. The fourth-order valence-corrected chi connectivity index (χ4v) is 11.1. The van der Waals surface area contributed by atoms with Crippen molar-refractivity contribution in [1.29, 1.82) is 0 Å². The molecule has 0 aromatic heterocycles. The van der Waals surface area contributed by atoms with Crippen LogP contribution in [0.1, 0.15) is 97.8 Å². The van der Waals surface area contributed by atoms with Crippen LogP contribution < -0.4 is 88.7 Å². The molecule has 0 heterocycles. The molecule has 4 fully saturated rings. The molecule has 0 saturated heterocycles. The van der Waals surface area contributed by atoms with E-state index in [-0.39, 0.29) is 130 Å². The van der Waals surface area contributed by atoms with Gasteiger partial charge in [0, 0.05) is 0 Å². The van der Waals surface area contributed by atoms with Crippen LogP contribution in [0.3, 0.4) is 0 Å². The van der Waals surface area contributed by atoms with E-state index in [0.29, 0.717) is 43.9 Å². The molecule has 0 aromatic carbocycles. The Kier molecular flexibility index (Phi) is 17.5. The summed E-state index contributed by atoms with van der Waals surface area (Å²) in [4.78, 5) is 0. The Hall–Kier alpha value is 2.61. The average molecular weight is 713 g/mol. The first-order valence-corrected chi connectivity index (χ1v) is 18.7. The Labute approximate surface area is 330 Å². The predicted octanol–water partition coefficient (Wildman–Crippen LogP) is -5.37. The zero-order valence-corrected chi connectivity index (χ0v) is 35.4. The summed E-state index contributed by atoms with van der Waals surface area (Å²) in [5.74, 6) is 0.780. The van der Waals surface area contributed by atoms with Crippen molar-refractivity contribution in [2.45, 2.75) is 110 Å². The van der Waals surface area contributed by atoms with Crippen LogP contribution in [-0.2, 0) is 43.7 Å². The summed E-state index contributed by atoms with van der Waals surface area (Å²) in [5, 5.41) is 0. The van der Waals surface area contributed by atoms with Crippen molar-refractivity contribution in [2.75, 3.05) is 6.61 Å². The number of unbranched alkanes of at least 4 members (excludes halogenated alkanes) is 2. The van der Waals surface area contributed by atoms with E-state index in [4.69, 9.17) is 8.37 Å². The molecule has 18 heteroatoms.